The molecule has 1 amide bonds. The van der Waals surface area contributed by atoms with Crippen LogP contribution in [0.15, 0.2) is 29.2 Å². The molecule has 0 bridgehead atoms. The lowest BCUT2D eigenvalue weighted by molar-refractivity contribution is -0.132. The standard InChI is InChI=1S/C20H30ClN3O4S/c1-15-12-23(13-16(2)28-15)14-18-6-4-10-24(18)20(25)8-9-22-29(26,27)19-7-3-5-17(21)11-19/h3,5,7,11,15-16,18,22H,4,6,8-10,12-14H2,1-2H3/t15-,16-,18-/m1/s1. The van der Waals surface area contributed by atoms with E-state index in [1.54, 1.807) is 12.1 Å². The molecule has 0 radical (unpaired) electrons. The van der Waals surface area contributed by atoms with Crippen molar-refractivity contribution in [2.75, 3.05) is 32.7 Å². The summed E-state index contributed by atoms with van der Waals surface area (Å²) in [4.78, 5) is 17.1. The number of nitrogens with one attached hydrogen (secondary N) is 1. The molecule has 9 heteroatoms. The third kappa shape index (κ3) is 6.15. The van der Waals surface area contributed by atoms with Crippen molar-refractivity contribution < 1.29 is 17.9 Å². The first-order chi connectivity index (χ1) is 13.7. The number of halogens is 1. The summed E-state index contributed by atoms with van der Waals surface area (Å²) in [5, 5.41) is 0.357. The van der Waals surface area contributed by atoms with Crippen molar-refractivity contribution in [2.45, 2.75) is 56.3 Å². The average molecular weight is 444 g/mol. The van der Waals surface area contributed by atoms with Crippen molar-refractivity contribution in [3.8, 4) is 0 Å². The Morgan fingerprint density at radius 3 is 2.69 bits per heavy atom. The molecule has 0 unspecified atom stereocenters. The maximum Gasteiger partial charge on any atom is 0.240 e. The van der Waals surface area contributed by atoms with Gasteiger partial charge < -0.3 is 9.64 Å². The van der Waals surface area contributed by atoms with Gasteiger partial charge in [0.15, 0.2) is 0 Å². The van der Waals surface area contributed by atoms with E-state index >= 15 is 0 Å². The van der Waals surface area contributed by atoms with E-state index in [0.29, 0.717) is 5.02 Å². The molecule has 1 N–H and O–H groups in total. The van der Waals surface area contributed by atoms with Gasteiger partial charge in [-0.2, -0.15) is 0 Å². The normalized spacial score (nSPS) is 26.0. The lowest BCUT2D eigenvalue weighted by atomic mass is 10.1. The second kappa shape index (κ2) is 9.75. The van der Waals surface area contributed by atoms with Crippen LogP contribution in [0, 0.1) is 0 Å². The molecule has 3 atom stereocenters. The molecular formula is C20H30ClN3O4S. The van der Waals surface area contributed by atoms with E-state index in [2.05, 4.69) is 23.5 Å². The highest BCUT2D eigenvalue weighted by Crippen LogP contribution is 2.21. The Bertz CT molecular complexity index is 810. The SMILES string of the molecule is C[C@@H]1CN(C[C@H]2CCCN2C(=O)CCNS(=O)(=O)c2cccc(Cl)c2)C[C@@H](C)O1. The van der Waals surface area contributed by atoms with Crippen LogP contribution >= 0.6 is 11.6 Å². The van der Waals surface area contributed by atoms with Gasteiger partial charge in [0.25, 0.3) is 0 Å². The van der Waals surface area contributed by atoms with E-state index in [0.717, 1.165) is 39.0 Å². The summed E-state index contributed by atoms with van der Waals surface area (Å²) in [5.74, 6) is -0.00403. The highest BCUT2D eigenvalue weighted by atomic mass is 35.5. The lowest BCUT2D eigenvalue weighted by Crippen LogP contribution is -2.51. The zero-order valence-corrected chi connectivity index (χ0v) is 18.6. The minimum Gasteiger partial charge on any atom is -0.373 e. The smallest absolute Gasteiger partial charge is 0.240 e. The van der Waals surface area contributed by atoms with Crippen molar-refractivity contribution in [3.63, 3.8) is 0 Å². The molecule has 162 valence electrons. The van der Waals surface area contributed by atoms with Crippen LogP contribution in [0.4, 0.5) is 0 Å². The molecule has 2 heterocycles. The zero-order chi connectivity index (χ0) is 21.0. The Morgan fingerprint density at radius 1 is 1.28 bits per heavy atom. The highest BCUT2D eigenvalue weighted by molar-refractivity contribution is 7.89. The maximum atomic E-state index is 12.7. The highest BCUT2D eigenvalue weighted by Gasteiger charge is 2.32. The molecule has 2 saturated heterocycles. The summed E-state index contributed by atoms with van der Waals surface area (Å²) in [6.07, 6.45) is 2.52. The molecule has 1 aromatic rings. The number of carbonyl (C=O) groups excluding carboxylic acids is 1. The second-order valence-corrected chi connectivity index (χ2v) is 10.2. The minimum atomic E-state index is -3.68. The van der Waals surface area contributed by atoms with E-state index in [4.69, 9.17) is 16.3 Å². The molecular weight excluding hydrogens is 414 g/mol. The van der Waals surface area contributed by atoms with E-state index < -0.39 is 10.0 Å². The summed E-state index contributed by atoms with van der Waals surface area (Å²) in [6.45, 7) is 7.56. The largest absolute Gasteiger partial charge is 0.373 e. The predicted molar refractivity (Wildman–Crippen MR) is 112 cm³/mol. The van der Waals surface area contributed by atoms with Gasteiger partial charge in [0.05, 0.1) is 17.1 Å². The van der Waals surface area contributed by atoms with Crippen LogP contribution in [0.25, 0.3) is 0 Å². The molecule has 0 aliphatic carbocycles. The van der Waals surface area contributed by atoms with Crippen molar-refractivity contribution >= 4 is 27.5 Å². The fraction of sp³-hybridized carbons (Fsp3) is 0.650. The van der Waals surface area contributed by atoms with Crippen molar-refractivity contribution in [2.24, 2.45) is 0 Å². The zero-order valence-electron chi connectivity index (χ0n) is 17.0. The number of likely N-dealkylation sites (tertiary alicyclic amines) is 1. The first kappa shape index (κ1) is 22.5. The Labute approximate surface area is 178 Å². The molecule has 7 nitrogen and oxygen atoms in total. The molecule has 0 aromatic heterocycles. The van der Waals surface area contributed by atoms with Gasteiger partial charge in [-0.1, -0.05) is 17.7 Å². The van der Waals surface area contributed by atoms with Gasteiger partial charge in [-0.15, -0.1) is 0 Å². The Kier molecular flexibility index (Phi) is 7.56. The summed E-state index contributed by atoms with van der Waals surface area (Å²) < 4.78 is 33.0. The van der Waals surface area contributed by atoms with Gasteiger partial charge >= 0.3 is 0 Å². The van der Waals surface area contributed by atoms with Gasteiger partial charge in [-0.05, 0) is 44.9 Å². The van der Waals surface area contributed by atoms with Crippen LogP contribution in [-0.4, -0.2) is 75.1 Å². The number of rotatable bonds is 7. The van der Waals surface area contributed by atoms with Crippen molar-refractivity contribution in [1.29, 1.82) is 0 Å². The number of morpholine rings is 1. The molecule has 2 aliphatic heterocycles. The van der Waals surface area contributed by atoms with E-state index in [1.807, 2.05) is 4.90 Å². The summed E-state index contributed by atoms with van der Waals surface area (Å²) >= 11 is 5.87. The number of sulfonamides is 1. The second-order valence-electron chi connectivity index (χ2n) is 7.96. The van der Waals surface area contributed by atoms with Gasteiger partial charge in [-0.25, -0.2) is 13.1 Å². The van der Waals surface area contributed by atoms with Crippen LogP contribution in [0.3, 0.4) is 0 Å². The quantitative estimate of drug-likeness (QED) is 0.698. The Balaban J connectivity index is 1.50. The monoisotopic (exact) mass is 443 g/mol. The van der Waals surface area contributed by atoms with E-state index in [-0.39, 0.29) is 42.0 Å². The fourth-order valence-electron chi connectivity index (χ4n) is 4.24. The van der Waals surface area contributed by atoms with Gasteiger partial charge in [0, 0.05) is 50.2 Å². The molecule has 2 aliphatic rings. The first-order valence-electron chi connectivity index (χ1n) is 10.2. The lowest BCUT2D eigenvalue weighted by Gasteiger charge is -2.38. The number of ether oxygens (including phenoxy) is 1. The molecule has 3 rings (SSSR count). The Hall–Kier alpha value is -1.19. The van der Waals surface area contributed by atoms with Crippen LogP contribution in [0.1, 0.15) is 33.1 Å². The number of hydrogen-bond acceptors (Lipinski definition) is 5. The maximum absolute atomic E-state index is 12.7. The number of benzene rings is 1. The van der Waals surface area contributed by atoms with Gasteiger partial charge in [0.2, 0.25) is 15.9 Å². The molecule has 2 fully saturated rings. The van der Waals surface area contributed by atoms with Crippen molar-refractivity contribution in [3.05, 3.63) is 29.3 Å². The summed E-state index contributed by atoms with van der Waals surface area (Å²) in [5.41, 5.74) is 0. The molecule has 1 aromatic carbocycles. The third-order valence-corrected chi connectivity index (χ3v) is 7.09. The average Bonchev–Trinajstić information content (AvgIpc) is 3.09. The summed E-state index contributed by atoms with van der Waals surface area (Å²) in [7, 11) is -3.68. The fourth-order valence-corrected chi connectivity index (χ4v) is 5.57. The number of carbonyl (C=O) groups is 1. The van der Waals surface area contributed by atoms with Crippen LogP contribution in [-0.2, 0) is 19.6 Å². The number of hydrogen-bond donors (Lipinski definition) is 1. The predicted octanol–water partition coefficient (Wildman–Crippen LogP) is 2.11. The van der Waals surface area contributed by atoms with Gasteiger partial charge in [0.1, 0.15) is 0 Å². The van der Waals surface area contributed by atoms with Crippen LogP contribution in [0.5, 0.6) is 0 Å². The van der Waals surface area contributed by atoms with E-state index in [9.17, 15) is 13.2 Å². The van der Waals surface area contributed by atoms with Crippen molar-refractivity contribution in [1.82, 2.24) is 14.5 Å². The summed E-state index contributed by atoms with van der Waals surface area (Å²) in [6, 6.07) is 6.27. The van der Waals surface area contributed by atoms with E-state index in [1.165, 1.54) is 12.1 Å². The number of amides is 1. The molecule has 29 heavy (non-hydrogen) atoms. The topological polar surface area (TPSA) is 79.0 Å². The molecule has 0 spiro atoms. The minimum absolute atomic E-state index is 0.00403. The Morgan fingerprint density at radius 2 is 2.00 bits per heavy atom. The molecule has 0 saturated carbocycles. The third-order valence-electron chi connectivity index (χ3n) is 5.40. The van der Waals surface area contributed by atoms with Gasteiger partial charge in [-0.3, -0.25) is 9.69 Å². The first-order valence-corrected chi connectivity index (χ1v) is 12.0. The van der Waals surface area contributed by atoms with Crippen LogP contribution in [0.2, 0.25) is 5.02 Å². The van der Waals surface area contributed by atoms with Crippen LogP contribution < -0.4 is 4.72 Å². The number of nitrogens with zero attached hydrogens (tertiary/aromatic N) is 2.